The van der Waals surface area contributed by atoms with E-state index in [2.05, 4.69) is 10.3 Å². The van der Waals surface area contributed by atoms with Gasteiger partial charge in [0.05, 0.1) is 17.0 Å². The van der Waals surface area contributed by atoms with Crippen LogP contribution in [0.15, 0.2) is 66.9 Å². The Labute approximate surface area is 223 Å². The predicted molar refractivity (Wildman–Crippen MR) is 146 cm³/mol. The van der Waals surface area contributed by atoms with Gasteiger partial charge in [-0.2, -0.15) is 0 Å². The molecule has 5 aromatic rings. The lowest BCUT2D eigenvalue weighted by molar-refractivity contribution is -0.148. The van der Waals surface area contributed by atoms with Crippen LogP contribution in [0.1, 0.15) is 25.7 Å². The first-order chi connectivity index (χ1) is 19.0. The number of anilines is 1. The number of carboxylic acids is 1. The number of rotatable bonds is 5. The van der Waals surface area contributed by atoms with Gasteiger partial charge in [0, 0.05) is 40.2 Å². The van der Waals surface area contributed by atoms with Crippen LogP contribution in [0.4, 0.5) is 14.6 Å². The molecule has 0 radical (unpaired) electrons. The third-order valence-electron chi connectivity index (χ3n) is 8.57. The molecule has 0 spiro atoms. The molecule has 3 aromatic carbocycles. The molecule has 0 saturated heterocycles. The number of halogens is 2. The summed E-state index contributed by atoms with van der Waals surface area (Å²) in [5.41, 5.74) is 3.18. The van der Waals surface area contributed by atoms with E-state index in [1.165, 1.54) is 6.07 Å². The molecule has 0 amide bonds. The monoisotopic (exact) mass is 524 g/mol. The Morgan fingerprint density at radius 2 is 1.67 bits per heavy atom. The Morgan fingerprint density at radius 1 is 0.897 bits per heavy atom. The third-order valence-corrected chi connectivity index (χ3v) is 8.57. The minimum Gasteiger partial charge on any atom is -0.481 e. The van der Waals surface area contributed by atoms with E-state index in [-0.39, 0.29) is 23.4 Å². The van der Waals surface area contributed by atoms with Crippen LogP contribution in [0.5, 0.6) is 0 Å². The molecule has 3 saturated carbocycles. The predicted octanol–water partition coefficient (Wildman–Crippen LogP) is 7.02. The number of nitrogens with zero attached hydrogens (tertiary/aromatic N) is 2. The number of hydrogen-bond acceptors (Lipinski definition) is 4. The molecule has 0 aliphatic heterocycles. The van der Waals surface area contributed by atoms with Gasteiger partial charge in [-0.3, -0.25) is 4.79 Å². The van der Waals surface area contributed by atoms with E-state index in [4.69, 9.17) is 9.97 Å². The summed E-state index contributed by atoms with van der Waals surface area (Å²) in [5.74, 6) is -1.46. The van der Waals surface area contributed by atoms with Crippen molar-refractivity contribution in [3.05, 3.63) is 78.5 Å². The first kappa shape index (κ1) is 23.8. The quantitative estimate of drug-likeness (QED) is 0.230. The summed E-state index contributed by atoms with van der Waals surface area (Å²) in [5, 5.41) is 14.8. The lowest BCUT2D eigenvalue weighted by Gasteiger charge is -2.47. The standard InChI is InChI=1S/C31H26F2N4O2/c32-19-13-22-23(15-34-28(22)24(33)14-19)30-36-27-20(16-5-2-1-3-6-16)7-4-8-21(27)29(37-30)35-26-18-11-9-17(10-12-18)25(26)31(38)39/h1-8,13-15,17-18,25-26,34H,9-12H2,(H,38,39)(H,35,36,37)/t17?,18?,25-,26-/m1/s1. The van der Waals surface area contributed by atoms with Crippen LogP contribution in [0.3, 0.4) is 0 Å². The van der Waals surface area contributed by atoms with E-state index >= 15 is 0 Å². The SMILES string of the molecule is O=C(O)[C@@H]1C2CCC(CC2)[C@H]1Nc1nc(-c2c[nH]c3c(F)cc(F)cc23)nc2c(-c3ccccc3)cccc12. The molecule has 2 bridgehead atoms. The van der Waals surface area contributed by atoms with Crippen LogP contribution >= 0.6 is 0 Å². The second kappa shape index (κ2) is 9.15. The average molecular weight is 525 g/mol. The fourth-order valence-corrected chi connectivity index (χ4v) is 6.74. The summed E-state index contributed by atoms with van der Waals surface area (Å²) in [7, 11) is 0. The topological polar surface area (TPSA) is 90.9 Å². The lowest BCUT2D eigenvalue weighted by atomic mass is 9.61. The smallest absolute Gasteiger partial charge is 0.308 e. The highest BCUT2D eigenvalue weighted by atomic mass is 19.1. The zero-order valence-corrected chi connectivity index (χ0v) is 21.0. The van der Waals surface area contributed by atoms with Gasteiger partial charge in [-0.25, -0.2) is 18.7 Å². The molecule has 8 rings (SSSR count). The minimum atomic E-state index is -0.784. The van der Waals surface area contributed by atoms with E-state index in [0.29, 0.717) is 28.1 Å². The highest BCUT2D eigenvalue weighted by molar-refractivity contribution is 6.02. The third kappa shape index (κ3) is 3.93. The van der Waals surface area contributed by atoms with Crippen LogP contribution in [0.25, 0.3) is 44.3 Å². The van der Waals surface area contributed by atoms with Crippen molar-refractivity contribution in [2.75, 3.05) is 5.32 Å². The number of carbonyl (C=O) groups is 1. The maximum absolute atomic E-state index is 14.5. The summed E-state index contributed by atoms with van der Waals surface area (Å²) in [6, 6.07) is 17.6. The Bertz CT molecular complexity index is 1730. The number of H-pyrrole nitrogens is 1. The molecule has 6 nitrogen and oxygen atoms in total. The van der Waals surface area contributed by atoms with Crippen LogP contribution < -0.4 is 5.32 Å². The fourth-order valence-electron chi connectivity index (χ4n) is 6.74. The number of fused-ring (bicyclic) bond motifs is 5. The second-order valence-corrected chi connectivity index (χ2v) is 10.7. The molecule has 8 heteroatoms. The van der Waals surface area contributed by atoms with Crippen LogP contribution in [-0.2, 0) is 4.79 Å². The highest BCUT2D eigenvalue weighted by Crippen LogP contribution is 2.47. The first-order valence-corrected chi connectivity index (χ1v) is 13.3. The fraction of sp³-hybridized carbons (Fsp3) is 0.258. The molecule has 196 valence electrons. The highest BCUT2D eigenvalue weighted by Gasteiger charge is 2.47. The van der Waals surface area contributed by atoms with E-state index in [1.54, 1.807) is 6.20 Å². The maximum atomic E-state index is 14.5. The molecule has 3 N–H and O–H groups in total. The first-order valence-electron chi connectivity index (χ1n) is 13.3. The van der Waals surface area contributed by atoms with Crippen molar-refractivity contribution in [1.82, 2.24) is 15.0 Å². The second-order valence-electron chi connectivity index (χ2n) is 10.7. The molecule has 3 fully saturated rings. The van der Waals surface area contributed by atoms with Crippen molar-refractivity contribution < 1.29 is 18.7 Å². The van der Waals surface area contributed by atoms with Gasteiger partial charge in [0.1, 0.15) is 17.5 Å². The Morgan fingerprint density at radius 3 is 2.44 bits per heavy atom. The van der Waals surface area contributed by atoms with E-state index in [9.17, 15) is 18.7 Å². The van der Waals surface area contributed by atoms with E-state index in [1.807, 2.05) is 48.5 Å². The molecule has 3 aliphatic carbocycles. The average Bonchev–Trinajstić information content (AvgIpc) is 3.38. The van der Waals surface area contributed by atoms with Gasteiger partial charge in [0.25, 0.3) is 0 Å². The normalized spacial score (nSPS) is 22.4. The largest absolute Gasteiger partial charge is 0.481 e. The van der Waals surface area contributed by atoms with E-state index in [0.717, 1.165) is 48.3 Å². The molecule has 39 heavy (non-hydrogen) atoms. The minimum absolute atomic E-state index is 0.136. The van der Waals surface area contributed by atoms with Gasteiger partial charge in [0.15, 0.2) is 5.82 Å². The van der Waals surface area contributed by atoms with Gasteiger partial charge in [0.2, 0.25) is 0 Å². The summed E-state index contributed by atoms with van der Waals surface area (Å²) < 4.78 is 28.8. The van der Waals surface area contributed by atoms with Gasteiger partial charge in [-0.1, -0.05) is 42.5 Å². The number of benzene rings is 3. The Hall–Kier alpha value is -4.33. The van der Waals surface area contributed by atoms with Crippen molar-refractivity contribution in [2.24, 2.45) is 17.8 Å². The number of para-hydroxylation sites is 1. The zero-order valence-electron chi connectivity index (χ0n) is 21.0. The van der Waals surface area contributed by atoms with Crippen molar-refractivity contribution in [1.29, 1.82) is 0 Å². The van der Waals surface area contributed by atoms with Crippen LogP contribution in [-0.4, -0.2) is 32.1 Å². The molecule has 0 unspecified atom stereocenters. The van der Waals surface area contributed by atoms with Crippen LogP contribution in [0, 0.1) is 29.4 Å². The Kier molecular flexibility index (Phi) is 5.58. The van der Waals surface area contributed by atoms with Crippen molar-refractivity contribution in [3.8, 4) is 22.5 Å². The molecular weight excluding hydrogens is 498 g/mol. The van der Waals surface area contributed by atoms with Gasteiger partial charge >= 0.3 is 5.97 Å². The molecule has 2 atom stereocenters. The summed E-state index contributed by atoms with van der Waals surface area (Å²) in [6.45, 7) is 0. The number of aliphatic carboxylic acids is 1. The Balaban J connectivity index is 1.45. The number of nitrogens with one attached hydrogen (secondary N) is 2. The maximum Gasteiger partial charge on any atom is 0.308 e. The number of carboxylic acid groups (broad SMARTS) is 1. The summed E-state index contributed by atoms with van der Waals surface area (Å²) in [4.78, 5) is 25.1. The number of hydrogen-bond donors (Lipinski definition) is 3. The van der Waals surface area contributed by atoms with Gasteiger partial charge in [-0.05, 0) is 55.2 Å². The summed E-state index contributed by atoms with van der Waals surface area (Å²) >= 11 is 0. The zero-order chi connectivity index (χ0) is 26.7. The summed E-state index contributed by atoms with van der Waals surface area (Å²) in [6.07, 6.45) is 5.42. The van der Waals surface area contributed by atoms with Crippen molar-refractivity contribution in [2.45, 2.75) is 31.7 Å². The van der Waals surface area contributed by atoms with E-state index < -0.39 is 23.5 Å². The molecular formula is C31H26F2N4O2. The lowest BCUT2D eigenvalue weighted by Crippen LogP contribution is -2.51. The van der Waals surface area contributed by atoms with Crippen molar-refractivity contribution in [3.63, 3.8) is 0 Å². The number of aromatic nitrogens is 3. The number of aromatic amines is 1. The van der Waals surface area contributed by atoms with Crippen molar-refractivity contribution >= 4 is 33.6 Å². The van der Waals surface area contributed by atoms with Gasteiger partial charge in [-0.15, -0.1) is 0 Å². The molecule has 2 heterocycles. The molecule has 2 aromatic heterocycles. The van der Waals surface area contributed by atoms with Crippen LogP contribution in [0.2, 0.25) is 0 Å². The van der Waals surface area contributed by atoms with Gasteiger partial charge < -0.3 is 15.4 Å². The molecule has 3 aliphatic rings.